The Morgan fingerprint density at radius 1 is 1.15 bits per heavy atom. The minimum Gasteiger partial charge on any atom is -0.402 e. The van der Waals surface area contributed by atoms with Crippen molar-refractivity contribution >= 4 is 35.2 Å². The summed E-state index contributed by atoms with van der Waals surface area (Å²) in [4.78, 5) is 26.6. The molecule has 0 N–H and O–H groups in total. The number of carbonyl (C=O) groups is 1. The number of non-ortho nitro benzene ring substituents is 1. The van der Waals surface area contributed by atoms with E-state index in [1.807, 2.05) is 24.3 Å². The summed E-state index contributed by atoms with van der Waals surface area (Å²) in [5.74, 6) is -0.572. The number of nitro groups is 1. The van der Waals surface area contributed by atoms with Crippen LogP contribution in [0.2, 0.25) is 5.02 Å². The highest BCUT2D eigenvalue weighted by atomic mass is 35.5. The van der Waals surface area contributed by atoms with Gasteiger partial charge < -0.3 is 4.74 Å². The summed E-state index contributed by atoms with van der Waals surface area (Å²) in [6, 6.07) is 11.7. The molecule has 2 aromatic carbocycles. The minimum absolute atomic E-state index is 0.0254. The van der Waals surface area contributed by atoms with E-state index in [4.69, 9.17) is 16.3 Å². The van der Waals surface area contributed by atoms with Crippen molar-refractivity contribution in [1.82, 2.24) is 0 Å². The van der Waals surface area contributed by atoms with Crippen LogP contribution in [0.25, 0.3) is 6.08 Å². The van der Waals surface area contributed by atoms with Crippen LogP contribution in [-0.2, 0) is 14.9 Å². The van der Waals surface area contributed by atoms with Gasteiger partial charge in [0.2, 0.25) is 5.90 Å². The van der Waals surface area contributed by atoms with Gasteiger partial charge in [0, 0.05) is 12.1 Å². The molecular formula is C20H17ClN2O4. The summed E-state index contributed by atoms with van der Waals surface area (Å²) < 4.78 is 5.18. The maximum Gasteiger partial charge on any atom is 0.363 e. The van der Waals surface area contributed by atoms with Crippen LogP contribution in [0.5, 0.6) is 0 Å². The van der Waals surface area contributed by atoms with Crippen LogP contribution in [0, 0.1) is 10.1 Å². The topological polar surface area (TPSA) is 81.8 Å². The fraction of sp³-hybridized carbons (Fsp3) is 0.200. The number of hydrogen-bond acceptors (Lipinski definition) is 5. The summed E-state index contributed by atoms with van der Waals surface area (Å²) in [6.07, 6.45) is 1.63. The fourth-order valence-electron chi connectivity index (χ4n) is 2.55. The van der Waals surface area contributed by atoms with E-state index in [9.17, 15) is 14.9 Å². The van der Waals surface area contributed by atoms with Gasteiger partial charge in [-0.2, -0.15) is 0 Å². The molecule has 0 unspecified atom stereocenters. The minimum atomic E-state index is -0.598. The van der Waals surface area contributed by atoms with Crippen LogP contribution in [0.1, 0.15) is 37.5 Å². The van der Waals surface area contributed by atoms with E-state index in [1.165, 1.54) is 23.8 Å². The van der Waals surface area contributed by atoms with Gasteiger partial charge in [0.1, 0.15) is 0 Å². The second kappa shape index (κ2) is 6.96. The zero-order chi connectivity index (χ0) is 19.8. The van der Waals surface area contributed by atoms with Crippen LogP contribution in [0.15, 0.2) is 53.2 Å². The number of cyclic esters (lactones) is 1. The predicted molar refractivity (Wildman–Crippen MR) is 104 cm³/mol. The first kappa shape index (κ1) is 18.8. The van der Waals surface area contributed by atoms with Crippen molar-refractivity contribution in [2.45, 2.75) is 26.2 Å². The Labute approximate surface area is 161 Å². The smallest absolute Gasteiger partial charge is 0.363 e. The van der Waals surface area contributed by atoms with Gasteiger partial charge in [0.15, 0.2) is 5.70 Å². The molecule has 3 rings (SSSR count). The summed E-state index contributed by atoms with van der Waals surface area (Å²) in [5.41, 5.74) is 2.35. The maximum absolute atomic E-state index is 12.1. The molecule has 0 amide bonds. The van der Waals surface area contributed by atoms with E-state index in [1.54, 1.807) is 6.08 Å². The van der Waals surface area contributed by atoms with E-state index in [2.05, 4.69) is 25.8 Å². The van der Waals surface area contributed by atoms with Gasteiger partial charge in [-0.3, -0.25) is 10.1 Å². The number of ether oxygens (including phenoxy) is 1. The third kappa shape index (κ3) is 4.06. The summed E-state index contributed by atoms with van der Waals surface area (Å²) in [7, 11) is 0. The van der Waals surface area contributed by atoms with Crippen LogP contribution < -0.4 is 0 Å². The molecule has 6 nitrogen and oxygen atoms in total. The number of benzene rings is 2. The van der Waals surface area contributed by atoms with Crippen molar-refractivity contribution in [2.24, 2.45) is 4.99 Å². The maximum atomic E-state index is 12.1. The third-order valence-electron chi connectivity index (χ3n) is 4.09. The van der Waals surface area contributed by atoms with Gasteiger partial charge >= 0.3 is 5.97 Å². The number of nitro benzene ring substituents is 1. The van der Waals surface area contributed by atoms with Crippen LogP contribution in [0.4, 0.5) is 5.69 Å². The number of aliphatic imine (C=N–C) groups is 1. The van der Waals surface area contributed by atoms with Gasteiger partial charge in [-0.1, -0.05) is 56.6 Å². The SMILES string of the molecule is CC(C)(C)c1ccc(/C=C2\N=C(c3ccc([N+](=O)[O-])cc3Cl)OC2=O)cc1. The van der Waals surface area contributed by atoms with Crippen molar-refractivity contribution in [3.63, 3.8) is 0 Å². The van der Waals surface area contributed by atoms with E-state index in [-0.39, 0.29) is 27.7 Å². The molecule has 138 valence electrons. The number of nitrogens with zero attached hydrogens (tertiary/aromatic N) is 2. The van der Waals surface area contributed by atoms with Gasteiger partial charge in [0.25, 0.3) is 5.69 Å². The average Bonchev–Trinajstić information content (AvgIpc) is 2.94. The van der Waals surface area contributed by atoms with Crippen LogP contribution in [0.3, 0.4) is 0 Å². The fourth-order valence-corrected chi connectivity index (χ4v) is 2.81. The molecule has 0 spiro atoms. The second-order valence-corrected chi connectivity index (χ2v) is 7.54. The van der Waals surface area contributed by atoms with E-state index >= 15 is 0 Å². The van der Waals surface area contributed by atoms with E-state index in [0.717, 1.165) is 5.56 Å². The molecule has 7 heteroatoms. The Balaban J connectivity index is 1.90. The lowest BCUT2D eigenvalue weighted by Gasteiger charge is -2.18. The van der Waals surface area contributed by atoms with Crippen LogP contribution >= 0.6 is 11.6 Å². The number of carbonyl (C=O) groups excluding carboxylic acids is 1. The highest BCUT2D eigenvalue weighted by Crippen LogP contribution is 2.28. The van der Waals surface area contributed by atoms with Crippen molar-refractivity contribution in [3.05, 3.63) is 80.0 Å². The number of esters is 1. The molecule has 1 aliphatic heterocycles. The molecule has 27 heavy (non-hydrogen) atoms. The molecule has 0 aliphatic carbocycles. The number of rotatable bonds is 3. The zero-order valence-corrected chi connectivity index (χ0v) is 15.8. The molecule has 0 atom stereocenters. The third-order valence-corrected chi connectivity index (χ3v) is 4.41. The van der Waals surface area contributed by atoms with Crippen molar-refractivity contribution in [1.29, 1.82) is 0 Å². The second-order valence-electron chi connectivity index (χ2n) is 7.13. The van der Waals surface area contributed by atoms with Crippen molar-refractivity contribution < 1.29 is 14.5 Å². The lowest BCUT2D eigenvalue weighted by atomic mass is 9.87. The summed E-state index contributed by atoms with van der Waals surface area (Å²) in [5, 5.41) is 10.9. The molecule has 0 saturated carbocycles. The standard InChI is InChI=1S/C20H17ClN2O4/c1-20(2,3)13-6-4-12(5-7-13)10-17-19(24)27-18(22-17)15-9-8-14(23(25)26)11-16(15)21/h4-11H,1-3H3/b17-10-. The molecule has 0 radical (unpaired) electrons. The number of hydrogen-bond donors (Lipinski definition) is 0. The zero-order valence-electron chi connectivity index (χ0n) is 15.0. The molecule has 0 saturated heterocycles. The molecule has 2 aromatic rings. The predicted octanol–water partition coefficient (Wildman–Crippen LogP) is 4.89. The van der Waals surface area contributed by atoms with Gasteiger partial charge in [-0.05, 0) is 28.7 Å². The largest absolute Gasteiger partial charge is 0.402 e. The molecule has 0 fully saturated rings. The lowest BCUT2D eigenvalue weighted by molar-refractivity contribution is -0.384. The highest BCUT2D eigenvalue weighted by molar-refractivity contribution is 6.34. The Morgan fingerprint density at radius 2 is 1.81 bits per heavy atom. The highest BCUT2D eigenvalue weighted by Gasteiger charge is 2.26. The molecule has 1 heterocycles. The quantitative estimate of drug-likeness (QED) is 0.326. The first-order valence-corrected chi connectivity index (χ1v) is 8.60. The monoisotopic (exact) mass is 384 g/mol. The normalized spacial score (nSPS) is 15.6. The van der Waals surface area contributed by atoms with Crippen molar-refractivity contribution in [2.75, 3.05) is 0 Å². The average molecular weight is 385 g/mol. The molecular weight excluding hydrogens is 368 g/mol. The number of halogens is 1. The van der Waals surface area contributed by atoms with Gasteiger partial charge in [-0.15, -0.1) is 0 Å². The Morgan fingerprint density at radius 3 is 2.37 bits per heavy atom. The van der Waals surface area contributed by atoms with Crippen molar-refractivity contribution in [3.8, 4) is 0 Å². The summed E-state index contributed by atoms with van der Waals surface area (Å²) >= 11 is 6.07. The Hall–Kier alpha value is -2.99. The van der Waals surface area contributed by atoms with E-state index < -0.39 is 10.9 Å². The molecule has 0 bridgehead atoms. The molecule has 0 aromatic heterocycles. The van der Waals surface area contributed by atoms with Gasteiger partial charge in [-0.25, -0.2) is 9.79 Å². The van der Waals surface area contributed by atoms with E-state index in [0.29, 0.717) is 5.56 Å². The Bertz CT molecular complexity index is 986. The lowest BCUT2D eigenvalue weighted by Crippen LogP contribution is -2.10. The van der Waals surface area contributed by atoms with Crippen LogP contribution in [-0.4, -0.2) is 16.8 Å². The Kier molecular flexibility index (Phi) is 4.85. The summed E-state index contributed by atoms with van der Waals surface area (Å²) in [6.45, 7) is 6.37. The first-order valence-electron chi connectivity index (χ1n) is 8.22. The first-order chi connectivity index (χ1) is 12.6. The van der Waals surface area contributed by atoms with Gasteiger partial charge in [0.05, 0.1) is 15.5 Å². The molecule has 1 aliphatic rings.